The van der Waals surface area contributed by atoms with E-state index < -0.39 is 0 Å². The van der Waals surface area contributed by atoms with E-state index in [0.717, 1.165) is 11.8 Å². The van der Waals surface area contributed by atoms with Crippen molar-refractivity contribution in [3.8, 4) is 0 Å². The molecule has 1 radical (unpaired) electrons. The fraction of sp³-hybridized carbons (Fsp3) is 0.889. The summed E-state index contributed by atoms with van der Waals surface area (Å²) in [5.41, 5.74) is 0. The molecular formula is C9H17. The van der Waals surface area contributed by atoms with Gasteiger partial charge in [-0.15, -0.1) is 0 Å². The first-order chi connectivity index (χ1) is 4.22. The molecule has 1 aliphatic carbocycles. The molecule has 9 heavy (non-hydrogen) atoms. The van der Waals surface area contributed by atoms with Crippen LogP contribution < -0.4 is 0 Å². The van der Waals surface area contributed by atoms with Crippen molar-refractivity contribution in [3.63, 3.8) is 0 Å². The van der Waals surface area contributed by atoms with Gasteiger partial charge >= 0.3 is 0 Å². The summed E-state index contributed by atoms with van der Waals surface area (Å²) in [6, 6.07) is 0. The van der Waals surface area contributed by atoms with Crippen LogP contribution in [-0.4, -0.2) is 0 Å². The van der Waals surface area contributed by atoms with Gasteiger partial charge in [-0.3, -0.25) is 0 Å². The minimum Gasteiger partial charge on any atom is -0.0625 e. The Labute approximate surface area is 58.7 Å². The Kier molecular flexibility index (Phi) is 2.15. The molecule has 0 bridgehead atoms. The zero-order chi connectivity index (χ0) is 6.85. The van der Waals surface area contributed by atoms with Gasteiger partial charge in [-0.05, 0) is 30.6 Å². The molecule has 1 unspecified atom stereocenters. The van der Waals surface area contributed by atoms with Crippen LogP contribution in [0.2, 0.25) is 0 Å². The van der Waals surface area contributed by atoms with E-state index in [1.807, 2.05) is 0 Å². The van der Waals surface area contributed by atoms with E-state index in [0.29, 0.717) is 0 Å². The topological polar surface area (TPSA) is 0 Å². The summed E-state index contributed by atoms with van der Waals surface area (Å²) in [5, 5.41) is 0. The second-order valence-corrected chi connectivity index (χ2v) is 3.59. The van der Waals surface area contributed by atoms with Gasteiger partial charge in [0.15, 0.2) is 0 Å². The van der Waals surface area contributed by atoms with Gasteiger partial charge in [0.05, 0.1) is 0 Å². The molecule has 0 amide bonds. The van der Waals surface area contributed by atoms with Crippen molar-refractivity contribution < 1.29 is 0 Å². The number of hydrogen-bond acceptors (Lipinski definition) is 0. The summed E-state index contributed by atoms with van der Waals surface area (Å²) in [7, 11) is 0. The van der Waals surface area contributed by atoms with E-state index in [-0.39, 0.29) is 0 Å². The highest BCUT2D eigenvalue weighted by atomic mass is 14.3. The van der Waals surface area contributed by atoms with Crippen molar-refractivity contribution in [1.82, 2.24) is 0 Å². The zero-order valence-electron chi connectivity index (χ0n) is 6.78. The van der Waals surface area contributed by atoms with Crippen LogP contribution in [0.25, 0.3) is 0 Å². The third-order valence-corrected chi connectivity index (χ3v) is 2.52. The summed E-state index contributed by atoms with van der Waals surface area (Å²) in [6.45, 7) is 6.98. The Morgan fingerprint density at radius 1 is 1.44 bits per heavy atom. The average Bonchev–Trinajstić information content (AvgIpc) is 2.13. The first-order valence-corrected chi connectivity index (χ1v) is 4.04. The maximum Gasteiger partial charge on any atom is -0.0238 e. The quantitative estimate of drug-likeness (QED) is 0.505. The molecule has 1 atom stereocenters. The molecule has 0 aromatic carbocycles. The molecule has 0 aromatic heterocycles. The molecule has 0 aliphatic heterocycles. The zero-order valence-corrected chi connectivity index (χ0v) is 6.78. The Balaban J connectivity index is 2.40. The van der Waals surface area contributed by atoms with Crippen molar-refractivity contribution in [2.75, 3.05) is 0 Å². The summed E-state index contributed by atoms with van der Waals surface area (Å²) < 4.78 is 0. The predicted octanol–water partition coefficient (Wildman–Crippen LogP) is 3.04. The normalized spacial score (nSPS) is 30.0. The molecule has 0 heterocycles. The van der Waals surface area contributed by atoms with Gasteiger partial charge in [0.2, 0.25) is 0 Å². The highest BCUT2D eigenvalue weighted by Crippen LogP contribution is 2.37. The maximum atomic E-state index is 2.33. The molecule has 0 aromatic rings. The molecule has 0 spiro atoms. The van der Waals surface area contributed by atoms with Crippen LogP contribution in [0.1, 0.15) is 40.0 Å². The minimum atomic E-state index is 0.882. The summed E-state index contributed by atoms with van der Waals surface area (Å²) in [5.74, 6) is 3.57. The fourth-order valence-electron chi connectivity index (χ4n) is 1.93. The van der Waals surface area contributed by atoms with Gasteiger partial charge in [-0.25, -0.2) is 0 Å². The van der Waals surface area contributed by atoms with Crippen LogP contribution in [-0.2, 0) is 0 Å². The van der Waals surface area contributed by atoms with Crippen molar-refractivity contribution in [2.24, 2.45) is 11.8 Å². The summed E-state index contributed by atoms with van der Waals surface area (Å²) >= 11 is 0. The van der Waals surface area contributed by atoms with E-state index in [4.69, 9.17) is 0 Å². The fourth-order valence-corrected chi connectivity index (χ4v) is 1.93. The standard InChI is InChI=1S/C9H17/c1-7(2)9-6-4-5-8(9)3/h7,9H,4-6H2,1-3H3. The van der Waals surface area contributed by atoms with Crippen molar-refractivity contribution in [2.45, 2.75) is 40.0 Å². The van der Waals surface area contributed by atoms with Gasteiger partial charge in [0, 0.05) is 0 Å². The van der Waals surface area contributed by atoms with E-state index in [1.54, 1.807) is 5.92 Å². The van der Waals surface area contributed by atoms with Gasteiger partial charge in [0.25, 0.3) is 0 Å². The van der Waals surface area contributed by atoms with Gasteiger partial charge in [-0.1, -0.05) is 27.2 Å². The molecule has 1 fully saturated rings. The van der Waals surface area contributed by atoms with E-state index in [2.05, 4.69) is 20.8 Å². The van der Waals surface area contributed by atoms with Crippen LogP contribution in [0.5, 0.6) is 0 Å². The molecule has 53 valence electrons. The lowest BCUT2D eigenvalue weighted by atomic mass is 9.87. The molecule has 1 saturated carbocycles. The molecule has 1 aliphatic rings. The van der Waals surface area contributed by atoms with Gasteiger partial charge in [-0.2, -0.15) is 0 Å². The van der Waals surface area contributed by atoms with Crippen LogP contribution in [0.3, 0.4) is 0 Å². The van der Waals surface area contributed by atoms with Gasteiger partial charge < -0.3 is 0 Å². The van der Waals surface area contributed by atoms with Gasteiger partial charge in [0.1, 0.15) is 0 Å². The Hall–Kier alpha value is 0. The highest BCUT2D eigenvalue weighted by Gasteiger charge is 2.25. The smallest absolute Gasteiger partial charge is 0.0238 e. The summed E-state index contributed by atoms with van der Waals surface area (Å²) in [4.78, 5) is 0. The third kappa shape index (κ3) is 1.47. The van der Waals surface area contributed by atoms with E-state index >= 15 is 0 Å². The Morgan fingerprint density at radius 3 is 2.33 bits per heavy atom. The predicted molar refractivity (Wildman–Crippen MR) is 41.1 cm³/mol. The average molecular weight is 125 g/mol. The lowest BCUT2D eigenvalue weighted by molar-refractivity contribution is 0.420. The Bertz CT molecular complexity index is 84.0. The van der Waals surface area contributed by atoms with Crippen molar-refractivity contribution in [1.29, 1.82) is 0 Å². The van der Waals surface area contributed by atoms with E-state index in [9.17, 15) is 0 Å². The lowest BCUT2D eigenvalue weighted by Gasteiger charge is -2.18. The largest absolute Gasteiger partial charge is 0.0625 e. The molecule has 0 N–H and O–H groups in total. The van der Waals surface area contributed by atoms with E-state index in [1.165, 1.54) is 19.3 Å². The van der Waals surface area contributed by atoms with Crippen molar-refractivity contribution in [3.05, 3.63) is 5.92 Å². The highest BCUT2D eigenvalue weighted by molar-refractivity contribution is 4.98. The second-order valence-electron chi connectivity index (χ2n) is 3.59. The Morgan fingerprint density at radius 2 is 2.11 bits per heavy atom. The number of hydrogen-bond donors (Lipinski definition) is 0. The molecule has 0 saturated heterocycles. The SMILES string of the molecule is C[C]1CCCC1C(C)C. The third-order valence-electron chi connectivity index (χ3n) is 2.52. The first-order valence-electron chi connectivity index (χ1n) is 4.04. The minimum absolute atomic E-state index is 0.882. The van der Waals surface area contributed by atoms with Crippen LogP contribution in [0.4, 0.5) is 0 Å². The molecule has 0 heteroatoms. The van der Waals surface area contributed by atoms with Crippen LogP contribution >= 0.6 is 0 Å². The monoisotopic (exact) mass is 125 g/mol. The molecule has 0 nitrogen and oxygen atoms in total. The van der Waals surface area contributed by atoms with Crippen LogP contribution in [0, 0.1) is 17.8 Å². The second kappa shape index (κ2) is 2.72. The molecular weight excluding hydrogens is 108 g/mol. The number of rotatable bonds is 1. The molecule has 1 rings (SSSR count). The summed E-state index contributed by atoms with van der Waals surface area (Å²) in [6.07, 6.45) is 4.28. The lowest BCUT2D eigenvalue weighted by Crippen LogP contribution is -2.08. The first kappa shape index (κ1) is 7.11. The van der Waals surface area contributed by atoms with Crippen molar-refractivity contribution >= 4 is 0 Å². The maximum absolute atomic E-state index is 2.33. The van der Waals surface area contributed by atoms with Crippen LogP contribution in [0.15, 0.2) is 0 Å².